The molecule has 1 aromatic carbocycles. The van der Waals surface area contributed by atoms with E-state index in [1.165, 1.54) is 5.56 Å². The molecule has 0 aliphatic carbocycles. The summed E-state index contributed by atoms with van der Waals surface area (Å²) in [5, 5.41) is 5.43. The number of nitrogens with zero attached hydrogens (tertiary/aromatic N) is 1. The number of rotatable bonds is 3. The molecule has 5 nitrogen and oxygen atoms in total. The lowest BCUT2D eigenvalue weighted by molar-refractivity contribution is 0.0942. The normalized spacial score (nSPS) is 13.2. The Kier molecular flexibility index (Phi) is 4.10. The van der Waals surface area contributed by atoms with Gasteiger partial charge in [0.05, 0.1) is 0 Å². The lowest BCUT2D eigenvalue weighted by atomic mass is 9.92. The van der Waals surface area contributed by atoms with Crippen LogP contribution in [-0.4, -0.2) is 30.4 Å². The topological polar surface area (TPSA) is 71.1 Å². The van der Waals surface area contributed by atoms with Gasteiger partial charge in [-0.25, -0.2) is 0 Å². The minimum atomic E-state index is -0.196. The van der Waals surface area contributed by atoms with Crippen LogP contribution in [-0.2, 0) is 12.8 Å². The summed E-state index contributed by atoms with van der Waals surface area (Å²) in [6.07, 6.45) is 3.28. The number of hydrogen-bond acceptors (Lipinski definition) is 3. The van der Waals surface area contributed by atoms with Crippen molar-refractivity contribution in [1.82, 2.24) is 15.6 Å². The third-order valence-electron chi connectivity index (χ3n) is 4.17. The fourth-order valence-electron chi connectivity index (χ4n) is 2.84. The maximum Gasteiger partial charge on any atom is 0.269 e. The van der Waals surface area contributed by atoms with Crippen LogP contribution in [0.5, 0.6) is 0 Å². The van der Waals surface area contributed by atoms with E-state index in [-0.39, 0.29) is 11.8 Å². The van der Waals surface area contributed by atoms with Crippen LogP contribution in [0.3, 0.4) is 0 Å². The molecular weight excluding hydrogens is 290 g/mol. The van der Waals surface area contributed by atoms with Crippen LogP contribution in [0.2, 0.25) is 0 Å². The van der Waals surface area contributed by atoms with Crippen molar-refractivity contribution in [3.63, 3.8) is 0 Å². The Morgan fingerprint density at radius 1 is 1.35 bits per heavy atom. The number of carbonyl (C=O) groups is 2. The van der Waals surface area contributed by atoms with Crippen molar-refractivity contribution in [3.8, 4) is 0 Å². The highest BCUT2D eigenvalue weighted by molar-refractivity contribution is 5.97. The zero-order valence-electron chi connectivity index (χ0n) is 13.3. The molecule has 0 saturated carbocycles. The van der Waals surface area contributed by atoms with Crippen LogP contribution in [0.1, 0.15) is 43.1 Å². The van der Waals surface area contributed by atoms with Gasteiger partial charge in [0.15, 0.2) is 0 Å². The van der Waals surface area contributed by atoms with Crippen molar-refractivity contribution < 1.29 is 9.59 Å². The summed E-state index contributed by atoms with van der Waals surface area (Å²) in [5.74, 6) is -0.196. The van der Waals surface area contributed by atoms with E-state index < -0.39 is 0 Å². The molecule has 23 heavy (non-hydrogen) atoms. The van der Waals surface area contributed by atoms with Crippen LogP contribution < -0.4 is 10.6 Å². The maximum absolute atomic E-state index is 12.0. The Bertz CT molecular complexity index is 767. The quantitative estimate of drug-likeness (QED) is 0.905. The smallest absolute Gasteiger partial charge is 0.269 e. The number of carbonyl (C=O) groups excluding carboxylic acids is 2. The van der Waals surface area contributed by atoms with Gasteiger partial charge in [-0.15, -0.1) is 0 Å². The SMILES string of the molecule is CNC(=O)c1ccc(Cc2cc3c(cc2C)CCNC3=O)cn1. The average molecular weight is 309 g/mol. The molecule has 0 spiro atoms. The van der Waals surface area contributed by atoms with Gasteiger partial charge in [-0.05, 0) is 54.2 Å². The monoisotopic (exact) mass is 309 g/mol. The van der Waals surface area contributed by atoms with Crippen molar-refractivity contribution in [2.75, 3.05) is 13.6 Å². The van der Waals surface area contributed by atoms with Crippen molar-refractivity contribution in [2.24, 2.45) is 0 Å². The highest BCUT2D eigenvalue weighted by Gasteiger charge is 2.18. The summed E-state index contributed by atoms with van der Waals surface area (Å²) in [6, 6.07) is 7.70. The summed E-state index contributed by atoms with van der Waals surface area (Å²) < 4.78 is 0. The molecule has 3 rings (SSSR count). The predicted octanol–water partition coefficient (Wildman–Crippen LogP) is 1.63. The minimum Gasteiger partial charge on any atom is -0.354 e. The van der Waals surface area contributed by atoms with Gasteiger partial charge in [-0.2, -0.15) is 0 Å². The van der Waals surface area contributed by atoms with Gasteiger partial charge in [0, 0.05) is 25.4 Å². The molecule has 0 saturated heterocycles. The van der Waals surface area contributed by atoms with Gasteiger partial charge in [-0.1, -0.05) is 12.1 Å². The number of hydrogen-bond donors (Lipinski definition) is 2. The van der Waals surface area contributed by atoms with E-state index in [4.69, 9.17) is 0 Å². The van der Waals surface area contributed by atoms with E-state index in [0.717, 1.165) is 28.7 Å². The Hall–Kier alpha value is -2.69. The molecule has 2 aromatic rings. The van der Waals surface area contributed by atoms with Gasteiger partial charge in [-0.3, -0.25) is 14.6 Å². The van der Waals surface area contributed by atoms with Gasteiger partial charge in [0.1, 0.15) is 5.69 Å². The van der Waals surface area contributed by atoms with E-state index in [1.807, 2.05) is 12.1 Å². The number of pyridine rings is 1. The molecule has 2 heterocycles. The Morgan fingerprint density at radius 3 is 2.87 bits per heavy atom. The Balaban J connectivity index is 1.86. The second kappa shape index (κ2) is 6.20. The molecule has 1 aliphatic rings. The van der Waals surface area contributed by atoms with Crippen LogP contribution in [0.4, 0.5) is 0 Å². The third kappa shape index (κ3) is 3.08. The number of fused-ring (bicyclic) bond motifs is 1. The Labute approximate surface area is 135 Å². The maximum atomic E-state index is 12.0. The molecule has 1 aromatic heterocycles. The van der Waals surface area contributed by atoms with Gasteiger partial charge in [0.25, 0.3) is 11.8 Å². The summed E-state index contributed by atoms with van der Waals surface area (Å²) in [7, 11) is 1.58. The molecular formula is C18H19N3O2. The molecule has 0 fully saturated rings. The first kappa shape index (κ1) is 15.2. The third-order valence-corrected chi connectivity index (χ3v) is 4.17. The first-order valence-corrected chi connectivity index (χ1v) is 7.66. The van der Waals surface area contributed by atoms with Crippen LogP contribution in [0, 0.1) is 6.92 Å². The van der Waals surface area contributed by atoms with Crippen LogP contribution in [0.25, 0.3) is 0 Å². The molecule has 5 heteroatoms. The summed E-state index contributed by atoms with van der Waals surface area (Å²) in [6.45, 7) is 2.77. The van der Waals surface area contributed by atoms with Gasteiger partial charge in [0.2, 0.25) is 0 Å². The van der Waals surface area contributed by atoms with Gasteiger partial charge < -0.3 is 10.6 Å². The van der Waals surface area contributed by atoms with E-state index in [0.29, 0.717) is 18.7 Å². The zero-order chi connectivity index (χ0) is 16.4. The van der Waals surface area contributed by atoms with E-state index in [2.05, 4.69) is 28.6 Å². The second-order valence-corrected chi connectivity index (χ2v) is 5.75. The molecule has 0 radical (unpaired) electrons. The number of nitrogens with one attached hydrogen (secondary N) is 2. The standard InChI is InChI=1S/C18H19N3O2/c1-11-7-13-5-6-20-17(22)15(13)9-14(11)8-12-3-4-16(21-10-12)18(23)19-2/h3-4,7,9-10H,5-6,8H2,1-2H3,(H,19,23)(H,20,22). The fraction of sp³-hybridized carbons (Fsp3) is 0.278. The zero-order valence-corrected chi connectivity index (χ0v) is 13.3. The summed E-state index contributed by atoms with van der Waals surface area (Å²) in [5.41, 5.74) is 5.58. The summed E-state index contributed by atoms with van der Waals surface area (Å²) in [4.78, 5) is 27.7. The van der Waals surface area contributed by atoms with Crippen molar-refractivity contribution >= 4 is 11.8 Å². The lowest BCUT2D eigenvalue weighted by Gasteiger charge is -2.19. The number of benzene rings is 1. The molecule has 1 aliphatic heterocycles. The minimum absolute atomic E-state index is 0.000546. The molecule has 0 bridgehead atoms. The van der Waals surface area contributed by atoms with E-state index in [9.17, 15) is 9.59 Å². The van der Waals surface area contributed by atoms with Crippen molar-refractivity contribution in [1.29, 1.82) is 0 Å². The molecule has 2 amide bonds. The fourth-order valence-corrected chi connectivity index (χ4v) is 2.84. The summed E-state index contributed by atoms with van der Waals surface area (Å²) >= 11 is 0. The number of amides is 2. The first-order valence-electron chi connectivity index (χ1n) is 7.66. The highest BCUT2D eigenvalue weighted by Crippen LogP contribution is 2.22. The van der Waals surface area contributed by atoms with Crippen LogP contribution in [0.15, 0.2) is 30.5 Å². The number of aromatic nitrogens is 1. The van der Waals surface area contributed by atoms with Crippen LogP contribution >= 0.6 is 0 Å². The predicted molar refractivity (Wildman–Crippen MR) is 87.6 cm³/mol. The average Bonchev–Trinajstić information content (AvgIpc) is 2.56. The van der Waals surface area contributed by atoms with E-state index >= 15 is 0 Å². The lowest BCUT2D eigenvalue weighted by Crippen LogP contribution is -2.32. The van der Waals surface area contributed by atoms with Crippen molar-refractivity contribution in [3.05, 3.63) is 64.0 Å². The van der Waals surface area contributed by atoms with Gasteiger partial charge >= 0.3 is 0 Å². The molecule has 2 N–H and O–H groups in total. The number of aryl methyl sites for hydroxylation is 1. The second-order valence-electron chi connectivity index (χ2n) is 5.75. The first-order chi connectivity index (χ1) is 11.1. The van der Waals surface area contributed by atoms with E-state index in [1.54, 1.807) is 19.3 Å². The highest BCUT2D eigenvalue weighted by atomic mass is 16.2. The largest absolute Gasteiger partial charge is 0.354 e. The molecule has 0 unspecified atom stereocenters. The molecule has 118 valence electrons. The van der Waals surface area contributed by atoms with Crippen molar-refractivity contribution in [2.45, 2.75) is 19.8 Å². The molecule has 0 atom stereocenters. The Morgan fingerprint density at radius 2 is 2.17 bits per heavy atom.